The monoisotopic (exact) mass is 302 g/mol. The lowest BCUT2D eigenvalue weighted by molar-refractivity contribution is 1.46. The zero-order valence-corrected chi connectivity index (χ0v) is 11.9. The summed E-state index contributed by atoms with van der Waals surface area (Å²) in [6.07, 6.45) is 0. The number of benzene rings is 2. The van der Waals surface area contributed by atoms with Crippen LogP contribution in [0.4, 0.5) is 0 Å². The van der Waals surface area contributed by atoms with E-state index in [0.717, 1.165) is 20.2 Å². The molecule has 0 aliphatic heterocycles. The summed E-state index contributed by atoms with van der Waals surface area (Å²) in [4.78, 5) is 21.9. The Morgan fingerprint density at radius 1 is 0.650 bits per heavy atom. The van der Waals surface area contributed by atoms with Crippen molar-refractivity contribution in [2.45, 2.75) is 0 Å². The lowest BCUT2D eigenvalue weighted by Crippen LogP contribution is -1.94. The molecule has 0 radical (unpaired) electrons. The molecule has 0 saturated carbocycles. The summed E-state index contributed by atoms with van der Waals surface area (Å²) in [5.41, 5.74) is 0.0289. The predicted octanol–water partition coefficient (Wildman–Crippen LogP) is 3.18. The molecule has 0 saturated heterocycles. The number of fused-ring (bicyclic) bond motifs is 2. The molecule has 2 aromatic carbocycles. The van der Waals surface area contributed by atoms with E-state index in [1.165, 1.54) is 23.1 Å². The molecule has 4 rings (SSSR count). The van der Waals surface area contributed by atoms with Crippen molar-refractivity contribution in [3.63, 3.8) is 0 Å². The molecule has 6 heteroatoms. The van der Waals surface area contributed by atoms with Crippen molar-refractivity contribution in [2.24, 2.45) is 0 Å². The van der Waals surface area contributed by atoms with E-state index in [1.807, 2.05) is 48.5 Å². The van der Waals surface area contributed by atoms with E-state index in [2.05, 4.69) is 8.75 Å². The summed E-state index contributed by atoms with van der Waals surface area (Å²) in [7, 11) is 0. The third-order valence-electron chi connectivity index (χ3n) is 2.77. The van der Waals surface area contributed by atoms with Crippen LogP contribution in [0.2, 0.25) is 0 Å². The maximum atomic E-state index is 10.9. The van der Waals surface area contributed by atoms with Gasteiger partial charge in [-0.25, -0.2) is 0 Å². The molecule has 20 heavy (non-hydrogen) atoms. The van der Waals surface area contributed by atoms with Crippen LogP contribution in [0.15, 0.2) is 58.1 Å². The summed E-state index contributed by atoms with van der Waals surface area (Å²) >= 11 is 2.75. The first-order valence-corrected chi connectivity index (χ1v) is 7.51. The van der Waals surface area contributed by atoms with Crippen molar-refractivity contribution in [3.05, 3.63) is 69.2 Å². The van der Waals surface area contributed by atoms with Gasteiger partial charge in [-0.3, -0.25) is 18.3 Å². The van der Waals surface area contributed by atoms with Gasteiger partial charge >= 0.3 is 0 Å². The van der Waals surface area contributed by atoms with Crippen LogP contribution in [-0.4, -0.2) is 8.75 Å². The van der Waals surface area contributed by atoms with E-state index in [4.69, 9.17) is 0 Å². The van der Waals surface area contributed by atoms with Gasteiger partial charge in [0.25, 0.3) is 11.1 Å². The highest BCUT2D eigenvalue weighted by Crippen LogP contribution is 2.12. The summed E-state index contributed by atoms with van der Waals surface area (Å²) in [5.74, 6) is 0. The molecule has 100 valence electrons. The minimum atomic E-state index is 0.0144. The number of H-pyrrole nitrogens is 2. The average Bonchev–Trinajstić information content (AvgIpc) is 3.05. The number of hydrogen-bond donors (Lipinski definition) is 2. The van der Waals surface area contributed by atoms with Crippen LogP contribution >= 0.6 is 23.1 Å². The molecule has 0 amide bonds. The Morgan fingerprint density at radius 3 is 1.45 bits per heavy atom. The van der Waals surface area contributed by atoms with E-state index < -0.39 is 0 Å². The highest BCUT2D eigenvalue weighted by molar-refractivity contribution is 7.13. The molecule has 4 nitrogen and oxygen atoms in total. The van der Waals surface area contributed by atoms with Gasteiger partial charge in [-0.05, 0) is 24.3 Å². The Kier molecular flexibility index (Phi) is 3.49. The average molecular weight is 302 g/mol. The summed E-state index contributed by atoms with van der Waals surface area (Å²) in [6, 6.07) is 15.1. The Morgan fingerprint density at radius 2 is 1.05 bits per heavy atom. The van der Waals surface area contributed by atoms with Gasteiger partial charge in [-0.2, -0.15) is 0 Å². The van der Waals surface area contributed by atoms with Crippen molar-refractivity contribution in [1.82, 2.24) is 8.75 Å². The van der Waals surface area contributed by atoms with Gasteiger partial charge in [0.1, 0.15) is 0 Å². The minimum absolute atomic E-state index is 0.0144. The van der Waals surface area contributed by atoms with Gasteiger partial charge in [0.05, 0.1) is 20.2 Å². The van der Waals surface area contributed by atoms with E-state index in [0.29, 0.717) is 0 Å². The van der Waals surface area contributed by atoms with E-state index in [1.54, 1.807) is 0 Å². The zero-order chi connectivity index (χ0) is 13.9. The van der Waals surface area contributed by atoms with Crippen LogP contribution in [0, 0.1) is 0 Å². The number of aromatic amines is 2. The molecule has 2 aromatic heterocycles. The highest BCUT2D eigenvalue weighted by atomic mass is 32.1. The van der Waals surface area contributed by atoms with Crippen LogP contribution in [0.25, 0.3) is 20.2 Å². The van der Waals surface area contributed by atoms with Crippen LogP contribution in [0.3, 0.4) is 0 Å². The molecule has 0 unspecified atom stereocenters. The second-order valence-corrected chi connectivity index (χ2v) is 5.75. The fourth-order valence-electron chi connectivity index (χ4n) is 1.80. The molecular formula is C14H10N2O2S2. The molecule has 2 heterocycles. The highest BCUT2D eigenvalue weighted by Gasteiger charge is 1.97. The zero-order valence-electron chi connectivity index (χ0n) is 10.3. The Labute approximate surface area is 121 Å². The summed E-state index contributed by atoms with van der Waals surface area (Å²) in [5, 5.41) is 1.57. The van der Waals surface area contributed by atoms with Crippen molar-refractivity contribution in [3.8, 4) is 0 Å². The van der Waals surface area contributed by atoms with Crippen molar-refractivity contribution in [2.75, 3.05) is 0 Å². The minimum Gasteiger partial charge on any atom is -0.277 e. The molecule has 0 spiro atoms. The van der Waals surface area contributed by atoms with Crippen LogP contribution in [-0.2, 0) is 0 Å². The Hall–Kier alpha value is -2.18. The van der Waals surface area contributed by atoms with Crippen LogP contribution in [0.5, 0.6) is 0 Å². The lowest BCUT2D eigenvalue weighted by Gasteiger charge is -1.79. The molecule has 0 aliphatic carbocycles. The largest absolute Gasteiger partial charge is 0.277 e. The van der Waals surface area contributed by atoms with Gasteiger partial charge in [-0.15, -0.1) is 0 Å². The third kappa shape index (κ3) is 2.43. The Bertz CT molecular complexity index is 882. The first-order valence-electron chi connectivity index (χ1n) is 5.88. The fraction of sp³-hybridized carbons (Fsp3) is 0. The predicted molar refractivity (Wildman–Crippen MR) is 84.9 cm³/mol. The summed E-state index contributed by atoms with van der Waals surface area (Å²) in [6.45, 7) is 0. The molecule has 0 aliphatic rings. The van der Waals surface area contributed by atoms with Crippen LogP contribution < -0.4 is 11.1 Å². The SMILES string of the molecule is O=c1[nH]sc2ccccc12.O=c1[nH]sc2ccccc12. The van der Waals surface area contributed by atoms with Crippen molar-refractivity contribution < 1.29 is 0 Å². The number of rotatable bonds is 0. The molecule has 0 atom stereocenters. The van der Waals surface area contributed by atoms with Gasteiger partial charge in [0.2, 0.25) is 0 Å². The second-order valence-electron chi connectivity index (χ2n) is 4.06. The van der Waals surface area contributed by atoms with Gasteiger partial charge < -0.3 is 0 Å². The van der Waals surface area contributed by atoms with E-state index in [-0.39, 0.29) is 11.1 Å². The van der Waals surface area contributed by atoms with Crippen molar-refractivity contribution >= 4 is 43.2 Å². The van der Waals surface area contributed by atoms with Crippen LogP contribution in [0.1, 0.15) is 0 Å². The molecule has 0 fully saturated rings. The number of aromatic nitrogens is 2. The Balaban J connectivity index is 0.000000121. The molecule has 0 bridgehead atoms. The number of nitrogens with one attached hydrogen (secondary N) is 2. The maximum Gasteiger partial charge on any atom is 0.265 e. The first-order chi connectivity index (χ1) is 9.75. The van der Waals surface area contributed by atoms with Crippen molar-refractivity contribution in [1.29, 1.82) is 0 Å². The van der Waals surface area contributed by atoms with Gasteiger partial charge in [-0.1, -0.05) is 47.3 Å². The quantitative estimate of drug-likeness (QED) is 0.524. The second kappa shape index (κ2) is 5.44. The number of hydrogen-bond acceptors (Lipinski definition) is 4. The normalized spacial score (nSPS) is 10.4. The molecular weight excluding hydrogens is 292 g/mol. The fourth-order valence-corrected chi connectivity index (χ4v) is 3.26. The topological polar surface area (TPSA) is 65.7 Å². The van der Waals surface area contributed by atoms with E-state index in [9.17, 15) is 9.59 Å². The third-order valence-corrected chi connectivity index (χ3v) is 4.50. The first kappa shape index (κ1) is 12.8. The molecule has 2 N–H and O–H groups in total. The van der Waals surface area contributed by atoms with Gasteiger partial charge in [0, 0.05) is 0 Å². The summed E-state index contributed by atoms with van der Waals surface area (Å²) < 4.78 is 7.37. The lowest BCUT2D eigenvalue weighted by atomic mass is 10.3. The standard InChI is InChI=1S/2C7H5NOS/c2*9-7-5-3-1-2-4-6(5)10-8-7/h2*1-4H,(H,8,9). The smallest absolute Gasteiger partial charge is 0.265 e. The van der Waals surface area contributed by atoms with Gasteiger partial charge in [0.15, 0.2) is 0 Å². The van der Waals surface area contributed by atoms with E-state index >= 15 is 0 Å². The molecule has 4 aromatic rings. The maximum absolute atomic E-state index is 10.9.